The second-order valence-corrected chi connectivity index (χ2v) is 5.05. The minimum atomic E-state index is 0. The third-order valence-corrected chi connectivity index (χ3v) is 3.37. The van der Waals surface area contributed by atoms with Gasteiger partial charge in [-0.25, -0.2) is 0 Å². The number of rotatable bonds is 8. The third kappa shape index (κ3) is 6.81. The number of nitrogens with one attached hydrogen (secondary N) is 2. The molecule has 25 heavy (non-hydrogen) atoms. The van der Waals surface area contributed by atoms with Crippen molar-refractivity contribution in [3.63, 3.8) is 0 Å². The second kappa shape index (κ2) is 11.6. The lowest BCUT2D eigenvalue weighted by Crippen LogP contribution is -2.31. The lowest BCUT2D eigenvalue weighted by Gasteiger charge is -2.14. The van der Waals surface area contributed by atoms with Crippen LogP contribution in [0.15, 0.2) is 41.7 Å². The molecule has 0 aliphatic carbocycles. The van der Waals surface area contributed by atoms with Crippen LogP contribution in [0.4, 0.5) is 5.69 Å². The predicted molar refractivity (Wildman–Crippen MR) is 111 cm³/mol. The van der Waals surface area contributed by atoms with Crippen LogP contribution in [-0.4, -0.2) is 43.0 Å². The zero-order valence-corrected chi connectivity index (χ0v) is 17.2. The van der Waals surface area contributed by atoms with Crippen LogP contribution in [0.3, 0.4) is 0 Å². The van der Waals surface area contributed by atoms with E-state index in [1.807, 2.05) is 42.1 Å². The molecule has 0 saturated heterocycles. The number of benzene rings is 1. The number of aryl methyl sites for hydroxylation is 1. The van der Waals surface area contributed by atoms with Crippen LogP contribution < -0.4 is 20.1 Å². The molecule has 1 heterocycles. The topological polar surface area (TPSA) is 72.7 Å². The van der Waals surface area contributed by atoms with Crippen LogP contribution in [0, 0.1) is 0 Å². The van der Waals surface area contributed by atoms with Crippen molar-refractivity contribution in [2.24, 2.45) is 4.99 Å². The predicted octanol–water partition coefficient (Wildman–Crippen LogP) is 2.99. The Morgan fingerprint density at radius 3 is 2.80 bits per heavy atom. The van der Waals surface area contributed by atoms with Gasteiger partial charge in [0.1, 0.15) is 0 Å². The van der Waals surface area contributed by atoms with E-state index in [1.165, 1.54) is 0 Å². The second-order valence-electron chi connectivity index (χ2n) is 5.05. The van der Waals surface area contributed by atoms with E-state index in [-0.39, 0.29) is 24.0 Å². The highest BCUT2D eigenvalue weighted by Gasteiger charge is 2.06. The molecule has 0 amide bonds. The zero-order chi connectivity index (χ0) is 17.2. The average molecular weight is 459 g/mol. The first kappa shape index (κ1) is 21.1. The minimum absolute atomic E-state index is 0. The van der Waals surface area contributed by atoms with Crippen LogP contribution >= 0.6 is 24.0 Å². The standard InChI is InChI=1S/C17H25N5O2.HI/c1-4-24-15-8-7-14(13-16(15)23-3)21-17(18-2)19-9-5-11-22-12-6-10-20-22;/h6-8,10,12-13H,4-5,9,11H2,1-3H3,(H2,18,19,21);1H. The van der Waals surface area contributed by atoms with Gasteiger partial charge in [0.15, 0.2) is 17.5 Å². The first-order chi connectivity index (χ1) is 11.8. The maximum Gasteiger partial charge on any atom is 0.195 e. The van der Waals surface area contributed by atoms with Gasteiger partial charge in [-0.05, 0) is 31.5 Å². The number of anilines is 1. The quantitative estimate of drug-likeness (QED) is 0.275. The number of aliphatic imine (C=N–C) groups is 1. The molecule has 7 nitrogen and oxygen atoms in total. The van der Waals surface area contributed by atoms with Crippen LogP contribution in [0.5, 0.6) is 11.5 Å². The molecular formula is C17H26IN5O2. The van der Waals surface area contributed by atoms with Crippen molar-refractivity contribution in [3.8, 4) is 11.5 Å². The van der Waals surface area contributed by atoms with Crippen LogP contribution in [0.2, 0.25) is 0 Å². The molecule has 2 rings (SSSR count). The molecule has 138 valence electrons. The Labute approximate surface area is 165 Å². The van der Waals surface area contributed by atoms with Crippen molar-refractivity contribution in [1.29, 1.82) is 0 Å². The lowest BCUT2D eigenvalue weighted by molar-refractivity contribution is 0.311. The van der Waals surface area contributed by atoms with E-state index in [4.69, 9.17) is 9.47 Å². The Morgan fingerprint density at radius 1 is 1.32 bits per heavy atom. The van der Waals surface area contributed by atoms with E-state index in [0.29, 0.717) is 18.3 Å². The highest BCUT2D eigenvalue weighted by molar-refractivity contribution is 14.0. The lowest BCUT2D eigenvalue weighted by atomic mass is 10.2. The van der Waals surface area contributed by atoms with Gasteiger partial charge in [0.25, 0.3) is 0 Å². The summed E-state index contributed by atoms with van der Waals surface area (Å²) in [6.45, 7) is 4.21. The van der Waals surface area contributed by atoms with Gasteiger partial charge in [-0.3, -0.25) is 9.67 Å². The Morgan fingerprint density at radius 2 is 2.16 bits per heavy atom. The van der Waals surface area contributed by atoms with E-state index in [0.717, 1.165) is 30.9 Å². The molecule has 0 radical (unpaired) electrons. The molecule has 0 fully saturated rings. The van der Waals surface area contributed by atoms with Crippen molar-refractivity contribution in [1.82, 2.24) is 15.1 Å². The van der Waals surface area contributed by atoms with Gasteiger partial charge in [0, 0.05) is 44.3 Å². The Bertz CT molecular complexity index is 646. The van der Waals surface area contributed by atoms with Crippen LogP contribution in [0.25, 0.3) is 0 Å². The largest absolute Gasteiger partial charge is 0.493 e. The minimum Gasteiger partial charge on any atom is -0.493 e. The zero-order valence-electron chi connectivity index (χ0n) is 14.9. The van der Waals surface area contributed by atoms with Crippen LogP contribution in [-0.2, 0) is 6.54 Å². The number of methoxy groups -OCH3 is 1. The highest BCUT2D eigenvalue weighted by atomic mass is 127. The molecule has 0 bridgehead atoms. The van der Waals surface area contributed by atoms with Gasteiger partial charge in [0.05, 0.1) is 13.7 Å². The number of hydrogen-bond acceptors (Lipinski definition) is 4. The Kier molecular flexibility index (Phi) is 9.75. The summed E-state index contributed by atoms with van der Waals surface area (Å²) >= 11 is 0. The summed E-state index contributed by atoms with van der Waals surface area (Å²) in [5, 5.41) is 10.7. The van der Waals surface area contributed by atoms with E-state index in [2.05, 4.69) is 20.7 Å². The Balaban J connectivity index is 0.00000312. The molecule has 0 aliphatic rings. The fourth-order valence-electron chi connectivity index (χ4n) is 2.22. The molecular weight excluding hydrogens is 433 g/mol. The van der Waals surface area contributed by atoms with Crippen molar-refractivity contribution >= 4 is 35.6 Å². The average Bonchev–Trinajstić information content (AvgIpc) is 3.12. The van der Waals surface area contributed by atoms with Gasteiger partial charge in [-0.1, -0.05) is 0 Å². The fraction of sp³-hybridized carbons (Fsp3) is 0.412. The smallest absolute Gasteiger partial charge is 0.195 e. The number of halogens is 1. The number of aromatic nitrogens is 2. The summed E-state index contributed by atoms with van der Waals surface area (Å²) in [5.74, 6) is 2.13. The molecule has 0 saturated carbocycles. The fourth-order valence-corrected chi connectivity index (χ4v) is 2.22. The maximum absolute atomic E-state index is 5.52. The van der Waals surface area contributed by atoms with E-state index >= 15 is 0 Å². The van der Waals surface area contributed by atoms with Gasteiger partial charge in [-0.2, -0.15) is 5.10 Å². The Hall–Kier alpha value is -1.97. The maximum atomic E-state index is 5.52. The molecule has 8 heteroatoms. The summed E-state index contributed by atoms with van der Waals surface area (Å²) < 4.78 is 12.8. The molecule has 0 aliphatic heterocycles. The number of guanidine groups is 1. The first-order valence-corrected chi connectivity index (χ1v) is 8.02. The molecule has 0 unspecified atom stereocenters. The first-order valence-electron chi connectivity index (χ1n) is 8.02. The molecule has 2 aromatic rings. The van der Waals surface area contributed by atoms with Gasteiger partial charge in [-0.15, -0.1) is 24.0 Å². The van der Waals surface area contributed by atoms with Gasteiger partial charge in [0.2, 0.25) is 0 Å². The molecule has 0 spiro atoms. The van der Waals surface area contributed by atoms with Gasteiger partial charge >= 0.3 is 0 Å². The van der Waals surface area contributed by atoms with Crippen molar-refractivity contribution in [2.75, 3.05) is 32.6 Å². The summed E-state index contributed by atoms with van der Waals surface area (Å²) in [5.41, 5.74) is 0.885. The van der Waals surface area contributed by atoms with Gasteiger partial charge < -0.3 is 20.1 Å². The van der Waals surface area contributed by atoms with Crippen molar-refractivity contribution in [2.45, 2.75) is 19.9 Å². The third-order valence-electron chi connectivity index (χ3n) is 3.37. The molecule has 1 aromatic heterocycles. The number of ether oxygens (including phenoxy) is 2. The summed E-state index contributed by atoms with van der Waals surface area (Å²) in [6.07, 6.45) is 4.70. The summed E-state index contributed by atoms with van der Waals surface area (Å²) in [4.78, 5) is 4.23. The molecule has 2 N–H and O–H groups in total. The number of nitrogens with zero attached hydrogens (tertiary/aromatic N) is 3. The molecule has 1 aromatic carbocycles. The summed E-state index contributed by atoms with van der Waals surface area (Å²) in [6, 6.07) is 7.63. The highest BCUT2D eigenvalue weighted by Crippen LogP contribution is 2.30. The summed E-state index contributed by atoms with van der Waals surface area (Å²) in [7, 11) is 3.37. The monoisotopic (exact) mass is 459 g/mol. The molecule has 0 atom stereocenters. The SMILES string of the molecule is CCOc1ccc(NC(=NC)NCCCn2cccn2)cc1OC.I. The van der Waals surface area contributed by atoms with E-state index in [9.17, 15) is 0 Å². The number of hydrogen-bond donors (Lipinski definition) is 2. The van der Waals surface area contributed by atoms with E-state index < -0.39 is 0 Å². The van der Waals surface area contributed by atoms with E-state index in [1.54, 1.807) is 20.4 Å². The normalized spacial score (nSPS) is 10.8. The van der Waals surface area contributed by atoms with Crippen molar-refractivity contribution < 1.29 is 9.47 Å². The van der Waals surface area contributed by atoms with Crippen molar-refractivity contribution in [3.05, 3.63) is 36.7 Å². The van der Waals surface area contributed by atoms with Crippen LogP contribution in [0.1, 0.15) is 13.3 Å².